The summed E-state index contributed by atoms with van der Waals surface area (Å²) in [5.74, 6) is 0. The fourth-order valence-corrected chi connectivity index (χ4v) is 3.48. The smallest absolute Gasteiger partial charge is 0.240 e. The molecule has 2 aromatic carbocycles. The molecule has 1 aromatic heterocycles. The van der Waals surface area contributed by atoms with Crippen LogP contribution < -0.4 is 4.72 Å². The molecular weight excluding hydrogens is 334 g/mol. The quantitative estimate of drug-likeness (QED) is 0.764. The molecule has 5 nitrogen and oxygen atoms in total. The highest BCUT2D eigenvalue weighted by atomic mass is 32.2. The van der Waals surface area contributed by atoms with Crippen LogP contribution >= 0.6 is 0 Å². The third-order valence-electron chi connectivity index (χ3n) is 4.03. The standard InChI is InChI=1S/C19H19N3O2S/c1-14-8-9-18(10-15(14)2)25(23,24)22-12-17-11-19(21-13-20-17)16-6-4-3-5-7-16/h3-11,13,22H,12H2,1-2H3. The Morgan fingerprint density at radius 2 is 1.68 bits per heavy atom. The predicted molar refractivity (Wildman–Crippen MR) is 97.4 cm³/mol. The summed E-state index contributed by atoms with van der Waals surface area (Å²) >= 11 is 0. The second kappa shape index (κ2) is 7.13. The summed E-state index contributed by atoms with van der Waals surface area (Å²) in [6.45, 7) is 3.95. The lowest BCUT2D eigenvalue weighted by molar-refractivity contribution is 0.580. The van der Waals surface area contributed by atoms with Gasteiger partial charge in [0.1, 0.15) is 6.33 Å². The summed E-state index contributed by atoms with van der Waals surface area (Å²) in [6.07, 6.45) is 1.45. The molecular formula is C19H19N3O2S. The van der Waals surface area contributed by atoms with Gasteiger partial charge in [-0.15, -0.1) is 0 Å². The number of nitrogens with zero attached hydrogens (tertiary/aromatic N) is 2. The molecule has 3 rings (SSSR count). The molecule has 6 heteroatoms. The van der Waals surface area contributed by atoms with Crippen LogP contribution in [0.15, 0.2) is 65.8 Å². The molecule has 0 bridgehead atoms. The normalized spacial score (nSPS) is 11.4. The van der Waals surface area contributed by atoms with Gasteiger partial charge >= 0.3 is 0 Å². The van der Waals surface area contributed by atoms with Crippen LogP contribution in [-0.2, 0) is 16.6 Å². The first-order chi connectivity index (χ1) is 12.0. The maximum atomic E-state index is 12.5. The minimum atomic E-state index is -3.59. The average molecular weight is 353 g/mol. The minimum absolute atomic E-state index is 0.109. The van der Waals surface area contributed by atoms with Crippen molar-refractivity contribution < 1.29 is 8.42 Å². The van der Waals surface area contributed by atoms with E-state index in [0.29, 0.717) is 5.69 Å². The molecule has 0 unspecified atom stereocenters. The van der Waals surface area contributed by atoms with Crippen molar-refractivity contribution in [1.29, 1.82) is 0 Å². The fraction of sp³-hybridized carbons (Fsp3) is 0.158. The van der Waals surface area contributed by atoms with Crippen LogP contribution in [0.3, 0.4) is 0 Å². The van der Waals surface area contributed by atoms with Crippen molar-refractivity contribution in [2.24, 2.45) is 0 Å². The lowest BCUT2D eigenvalue weighted by atomic mass is 10.1. The summed E-state index contributed by atoms with van der Waals surface area (Å²) in [7, 11) is -3.59. The Morgan fingerprint density at radius 1 is 0.920 bits per heavy atom. The van der Waals surface area contributed by atoms with E-state index in [-0.39, 0.29) is 11.4 Å². The molecule has 0 fully saturated rings. The van der Waals surface area contributed by atoms with Gasteiger partial charge in [-0.3, -0.25) is 0 Å². The van der Waals surface area contributed by atoms with Gasteiger partial charge in [0.05, 0.1) is 22.8 Å². The van der Waals surface area contributed by atoms with Crippen molar-refractivity contribution in [3.8, 4) is 11.3 Å². The largest absolute Gasteiger partial charge is 0.240 e. The van der Waals surface area contributed by atoms with E-state index in [4.69, 9.17) is 0 Å². The number of rotatable bonds is 5. The van der Waals surface area contributed by atoms with Crippen LogP contribution in [-0.4, -0.2) is 18.4 Å². The van der Waals surface area contributed by atoms with Crippen molar-refractivity contribution in [2.75, 3.05) is 0 Å². The van der Waals surface area contributed by atoms with Crippen LogP contribution in [0.1, 0.15) is 16.8 Å². The van der Waals surface area contributed by atoms with Crippen LogP contribution in [0.4, 0.5) is 0 Å². The molecule has 0 radical (unpaired) electrons. The zero-order chi connectivity index (χ0) is 17.9. The first kappa shape index (κ1) is 17.3. The molecule has 1 N–H and O–H groups in total. The van der Waals surface area contributed by atoms with E-state index >= 15 is 0 Å². The molecule has 0 saturated carbocycles. The van der Waals surface area contributed by atoms with Crippen molar-refractivity contribution in [3.05, 3.63) is 77.7 Å². The number of aromatic nitrogens is 2. The van der Waals surface area contributed by atoms with Crippen LogP contribution in [0.5, 0.6) is 0 Å². The Hall–Kier alpha value is -2.57. The van der Waals surface area contributed by atoms with E-state index in [1.807, 2.05) is 50.2 Å². The second-order valence-electron chi connectivity index (χ2n) is 5.83. The summed E-state index contributed by atoms with van der Waals surface area (Å²) in [6, 6.07) is 16.6. The molecule has 3 aromatic rings. The highest BCUT2D eigenvalue weighted by Gasteiger charge is 2.15. The van der Waals surface area contributed by atoms with Gasteiger partial charge in [-0.25, -0.2) is 23.1 Å². The van der Waals surface area contributed by atoms with E-state index in [9.17, 15) is 8.42 Å². The maximum Gasteiger partial charge on any atom is 0.240 e. The van der Waals surface area contributed by atoms with E-state index < -0.39 is 10.0 Å². The Morgan fingerprint density at radius 3 is 2.40 bits per heavy atom. The summed E-state index contributed by atoms with van der Waals surface area (Å²) in [5, 5.41) is 0. The Bertz CT molecular complexity index is 987. The lowest BCUT2D eigenvalue weighted by Crippen LogP contribution is -2.24. The van der Waals surface area contributed by atoms with Crippen molar-refractivity contribution in [2.45, 2.75) is 25.3 Å². The third kappa shape index (κ3) is 4.10. The number of aryl methyl sites for hydroxylation is 2. The molecule has 25 heavy (non-hydrogen) atoms. The van der Waals surface area contributed by atoms with Gasteiger partial charge in [0, 0.05) is 5.56 Å². The van der Waals surface area contributed by atoms with Crippen molar-refractivity contribution in [1.82, 2.24) is 14.7 Å². The molecule has 0 amide bonds. The van der Waals surface area contributed by atoms with E-state index in [1.54, 1.807) is 18.2 Å². The van der Waals surface area contributed by atoms with Gasteiger partial charge in [0.2, 0.25) is 10.0 Å². The molecule has 0 spiro atoms. The third-order valence-corrected chi connectivity index (χ3v) is 5.42. The molecule has 0 aliphatic carbocycles. The Kier molecular flexibility index (Phi) is 4.92. The maximum absolute atomic E-state index is 12.5. The first-order valence-electron chi connectivity index (χ1n) is 7.89. The van der Waals surface area contributed by atoms with Crippen molar-refractivity contribution >= 4 is 10.0 Å². The van der Waals surface area contributed by atoms with Gasteiger partial charge in [0.25, 0.3) is 0 Å². The molecule has 0 saturated heterocycles. The predicted octanol–water partition coefficient (Wildman–Crippen LogP) is 3.24. The van der Waals surface area contributed by atoms with Crippen LogP contribution in [0.2, 0.25) is 0 Å². The van der Waals surface area contributed by atoms with Gasteiger partial charge in [0.15, 0.2) is 0 Å². The van der Waals surface area contributed by atoms with Gasteiger partial charge in [-0.05, 0) is 43.2 Å². The summed E-state index contributed by atoms with van der Waals surface area (Å²) in [5.41, 5.74) is 4.33. The highest BCUT2D eigenvalue weighted by Crippen LogP contribution is 2.17. The zero-order valence-corrected chi connectivity index (χ0v) is 14.9. The number of hydrogen-bond donors (Lipinski definition) is 1. The van der Waals surface area contributed by atoms with Crippen molar-refractivity contribution in [3.63, 3.8) is 0 Å². The molecule has 128 valence electrons. The topological polar surface area (TPSA) is 72.0 Å². The van der Waals surface area contributed by atoms with Gasteiger partial charge in [-0.1, -0.05) is 36.4 Å². The van der Waals surface area contributed by atoms with E-state index in [0.717, 1.165) is 22.4 Å². The molecule has 0 aliphatic rings. The zero-order valence-electron chi connectivity index (χ0n) is 14.1. The monoisotopic (exact) mass is 353 g/mol. The van der Waals surface area contributed by atoms with E-state index in [1.165, 1.54) is 6.33 Å². The lowest BCUT2D eigenvalue weighted by Gasteiger charge is -2.09. The molecule has 0 aliphatic heterocycles. The molecule has 1 heterocycles. The van der Waals surface area contributed by atoms with Crippen LogP contribution in [0.25, 0.3) is 11.3 Å². The van der Waals surface area contributed by atoms with E-state index in [2.05, 4.69) is 14.7 Å². The number of nitrogens with one attached hydrogen (secondary N) is 1. The minimum Gasteiger partial charge on any atom is -0.240 e. The number of sulfonamides is 1. The second-order valence-corrected chi connectivity index (χ2v) is 7.60. The fourth-order valence-electron chi connectivity index (χ4n) is 2.39. The van der Waals surface area contributed by atoms with Crippen LogP contribution in [0, 0.1) is 13.8 Å². The van der Waals surface area contributed by atoms with Gasteiger partial charge in [-0.2, -0.15) is 0 Å². The SMILES string of the molecule is Cc1ccc(S(=O)(=O)NCc2cc(-c3ccccc3)ncn2)cc1C. The average Bonchev–Trinajstić information content (AvgIpc) is 2.63. The first-order valence-corrected chi connectivity index (χ1v) is 9.37. The summed E-state index contributed by atoms with van der Waals surface area (Å²) in [4.78, 5) is 8.66. The van der Waals surface area contributed by atoms with Gasteiger partial charge < -0.3 is 0 Å². The Balaban J connectivity index is 1.78. The Labute approximate surface area is 147 Å². The molecule has 0 atom stereocenters. The number of hydrogen-bond acceptors (Lipinski definition) is 4. The highest BCUT2D eigenvalue weighted by molar-refractivity contribution is 7.89. The summed E-state index contributed by atoms with van der Waals surface area (Å²) < 4.78 is 27.5. The number of benzene rings is 2.